The third kappa shape index (κ3) is 3.02. The van der Waals surface area contributed by atoms with Crippen molar-refractivity contribution in [3.8, 4) is 5.75 Å². The number of hydrogen-bond acceptors (Lipinski definition) is 4. The zero-order valence-electron chi connectivity index (χ0n) is 15.2. The lowest BCUT2D eigenvalue weighted by Gasteiger charge is -2.13. The summed E-state index contributed by atoms with van der Waals surface area (Å²) < 4.78 is 39.5. The Labute approximate surface area is 157 Å². The lowest BCUT2D eigenvalue weighted by Crippen LogP contribution is -2.14. The van der Waals surface area contributed by atoms with Crippen LogP contribution in [0.2, 0.25) is 0 Å². The number of aryl methyl sites for hydroxylation is 2. The van der Waals surface area contributed by atoms with Crippen molar-refractivity contribution >= 4 is 37.6 Å². The topological polar surface area (TPSA) is 68.5 Å². The van der Waals surface area contributed by atoms with Gasteiger partial charge in [0.2, 0.25) is 0 Å². The van der Waals surface area contributed by atoms with Crippen molar-refractivity contribution < 1.29 is 17.6 Å². The van der Waals surface area contributed by atoms with Gasteiger partial charge >= 0.3 is 0 Å². The summed E-state index contributed by atoms with van der Waals surface area (Å²) in [5.41, 5.74) is 3.24. The standard InChI is InChI=1S/C21H19NO4S/c1-13-11-21(14(2)10-19(13)25-3)27(23,24)22-15-8-9-17-16-6-4-5-7-18(16)26-20(17)12-15/h4-12,22H,1-3H3. The van der Waals surface area contributed by atoms with Gasteiger partial charge < -0.3 is 9.15 Å². The molecule has 4 rings (SSSR count). The first kappa shape index (κ1) is 17.4. The minimum atomic E-state index is -3.74. The molecule has 0 bridgehead atoms. The van der Waals surface area contributed by atoms with E-state index in [2.05, 4.69) is 4.72 Å². The Morgan fingerprint density at radius 3 is 2.41 bits per heavy atom. The lowest BCUT2D eigenvalue weighted by molar-refractivity contribution is 0.411. The zero-order valence-corrected chi connectivity index (χ0v) is 16.1. The second kappa shape index (κ2) is 6.32. The molecule has 5 nitrogen and oxygen atoms in total. The molecule has 0 saturated carbocycles. The van der Waals surface area contributed by atoms with Gasteiger partial charge in [-0.2, -0.15) is 0 Å². The Morgan fingerprint density at radius 2 is 1.63 bits per heavy atom. The van der Waals surface area contributed by atoms with Crippen molar-refractivity contribution in [1.82, 2.24) is 0 Å². The van der Waals surface area contributed by atoms with Gasteiger partial charge in [-0.25, -0.2) is 8.42 Å². The van der Waals surface area contributed by atoms with Crippen LogP contribution in [0.15, 0.2) is 63.9 Å². The summed E-state index contributed by atoms with van der Waals surface area (Å²) in [6.07, 6.45) is 0. The summed E-state index contributed by atoms with van der Waals surface area (Å²) in [6, 6.07) is 16.4. The first-order valence-electron chi connectivity index (χ1n) is 8.48. The summed E-state index contributed by atoms with van der Waals surface area (Å²) in [5.74, 6) is 0.662. The lowest BCUT2D eigenvalue weighted by atomic mass is 10.1. The minimum Gasteiger partial charge on any atom is -0.496 e. The molecular weight excluding hydrogens is 362 g/mol. The summed E-state index contributed by atoms with van der Waals surface area (Å²) >= 11 is 0. The minimum absolute atomic E-state index is 0.227. The van der Waals surface area contributed by atoms with Gasteiger partial charge in [-0.1, -0.05) is 18.2 Å². The molecule has 1 heterocycles. The van der Waals surface area contributed by atoms with Crippen LogP contribution in [-0.2, 0) is 10.0 Å². The number of ether oxygens (including phenoxy) is 1. The van der Waals surface area contributed by atoms with Gasteiger partial charge in [-0.15, -0.1) is 0 Å². The van der Waals surface area contributed by atoms with Crippen LogP contribution in [0.4, 0.5) is 5.69 Å². The Morgan fingerprint density at radius 1 is 0.889 bits per heavy atom. The molecular formula is C21H19NO4S. The van der Waals surface area contributed by atoms with E-state index in [1.54, 1.807) is 38.3 Å². The molecule has 0 amide bonds. The van der Waals surface area contributed by atoms with Crippen LogP contribution in [0.1, 0.15) is 11.1 Å². The molecule has 0 aliphatic rings. The summed E-state index contributed by atoms with van der Waals surface area (Å²) in [6.45, 7) is 3.57. The molecule has 0 spiro atoms. The third-order valence-electron chi connectivity index (χ3n) is 4.61. The van der Waals surface area contributed by atoms with Gasteiger partial charge in [0.1, 0.15) is 16.9 Å². The van der Waals surface area contributed by atoms with E-state index in [0.29, 0.717) is 22.6 Å². The number of anilines is 1. The number of hydrogen-bond donors (Lipinski definition) is 1. The molecule has 0 unspecified atom stereocenters. The van der Waals surface area contributed by atoms with E-state index in [4.69, 9.17) is 9.15 Å². The fourth-order valence-electron chi connectivity index (χ4n) is 3.27. The molecule has 0 aliphatic carbocycles. The highest BCUT2D eigenvalue weighted by molar-refractivity contribution is 7.92. The maximum atomic E-state index is 12.9. The number of benzene rings is 3. The smallest absolute Gasteiger partial charge is 0.262 e. The van der Waals surface area contributed by atoms with Crippen molar-refractivity contribution in [3.05, 3.63) is 65.7 Å². The fraction of sp³-hybridized carbons (Fsp3) is 0.143. The Bertz CT molecular complexity index is 1270. The highest BCUT2D eigenvalue weighted by Crippen LogP contribution is 2.32. The summed E-state index contributed by atoms with van der Waals surface area (Å²) in [4.78, 5) is 0.227. The molecule has 4 aromatic rings. The second-order valence-electron chi connectivity index (χ2n) is 6.50. The Balaban J connectivity index is 1.74. The number of rotatable bonds is 4. The van der Waals surface area contributed by atoms with Crippen molar-refractivity contribution in [2.75, 3.05) is 11.8 Å². The molecule has 6 heteroatoms. The average Bonchev–Trinajstić information content (AvgIpc) is 3.00. The Kier molecular flexibility index (Phi) is 4.08. The summed E-state index contributed by atoms with van der Waals surface area (Å²) in [5, 5.41) is 1.95. The van der Waals surface area contributed by atoms with Crippen LogP contribution in [0, 0.1) is 13.8 Å². The summed E-state index contributed by atoms with van der Waals surface area (Å²) in [7, 11) is -2.17. The molecule has 1 aromatic heterocycles. The predicted molar refractivity (Wildman–Crippen MR) is 107 cm³/mol. The van der Waals surface area contributed by atoms with Gasteiger partial charge in [0.25, 0.3) is 10.0 Å². The molecule has 0 fully saturated rings. The van der Waals surface area contributed by atoms with Gasteiger partial charge in [0.15, 0.2) is 0 Å². The van der Waals surface area contributed by atoms with Gasteiger partial charge in [0, 0.05) is 16.8 Å². The van der Waals surface area contributed by atoms with Crippen LogP contribution in [0.25, 0.3) is 21.9 Å². The average molecular weight is 381 g/mol. The molecule has 0 saturated heterocycles. The molecule has 3 aromatic carbocycles. The molecule has 27 heavy (non-hydrogen) atoms. The Hall–Kier alpha value is -2.99. The maximum Gasteiger partial charge on any atom is 0.262 e. The van der Waals surface area contributed by atoms with Crippen molar-refractivity contribution in [1.29, 1.82) is 0 Å². The molecule has 0 atom stereocenters. The number of furan rings is 1. The van der Waals surface area contributed by atoms with Crippen molar-refractivity contribution in [2.24, 2.45) is 0 Å². The van der Waals surface area contributed by atoms with Crippen LogP contribution in [0.3, 0.4) is 0 Å². The van der Waals surface area contributed by atoms with Crippen LogP contribution < -0.4 is 9.46 Å². The number of fused-ring (bicyclic) bond motifs is 3. The SMILES string of the molecule is COc1cc(C)c(S(=O)(=O)Nc2ccc3c(c2)oc2ccccc23)cc1C. The van der Waals surface area contributed by atoms with E-state index >= 15 is 0 Å². The van der Waals surface area contributed by atoms with E-state index in [-0.39, 0.29) is 4.90 Å². The highest BCUT2D eigenvalue weighted by Gasteiger charge is 2.19. The molecule has 0 aliphatic heterocycles. The van der Waals surface area contributed by atoms with E-state index < -0.39 is 10.0 Å². The van der Waals surface area contributed by atoms with E-state index in [1.165, 1.54) is 0 Å². The van der Waals surface area contributed by atoms with E-state index in [1.807, 2.05) is 37.3 Å². The van der Waals surface area contributed by atoms with Crippen LogP contribution in [-0.4, -0.2) is 15.5 Å². The first-order valence-corrected chi connectivity index (χ1v) is 9.97. The van der Waals surface area contributed by atoms with Crippen molar-refractivity contribution in [3.63, 3.8) is 0 Å². The normalized spacial score (nSPS) is 11.8. The highest BCUT2D eigenvalue weighted by atomic mass is 32.2. The number of para-hydroxylation sites is 1. The predicted octanol–water partition coefficient (Wildman–Crippen LogP) is 5.01. The number of nitrogens with one attached hydrogen (secondary N) is 1. The van der Waals surface area contributed by atoms with Crippen LogP contribution in [0.5, 0.6) is 5.75 Å². The number of methoxy groups -OCH3 is 1. The fourth-order valence-corrected chi connectivity index (χ4v) is 4.63. The third-order valence-corrected chi connectivity index (χ3v) is 6.14. The van der Waals surface area contributed by atoms with Gasteiger partial charge in [0.05, 0.1) is 17.7 Å². The monoisotopic (exact) mass is 381 g/mol. The largest absolute Gasteiger partial charge is 0.496 e. The van der Waals surface area contributed by atoms with Gasteiger partial charge in [-0.3, -0.25) is 4.72 Å². The first-order chi connectivity index (χ1) is 12.9. The van der Waals surface area contributed by atoms with Gasteiger partial charge in [-0.05, 0) is 55.3 Å². The molecule has 1 N–H and O–H groups in total. The van der Waals surface area contributed by atoms with E-state index in [0.717, 1.165) is 21.9 Å². The molecule has 138 valence electrons. The van der Waals surface area contributed by atoms with E-state index in [9.17, 15) is 8.42 Å². The van der Waals surface area contributed by atoms with Crippen LogP contribution >= 0.6 is 0 Å². The second-order valence-corrected chi connectivity index (χ2v) is 8.15. The quantitative estimate of drug-likeness (QED) is 0.539. The number of sulfonamides is 1. The maximum absolute atomic E-state index is 12.9. The molecule has 0 radical (unpaired) electrons. The van der Waals surface area contributed by atoms with Crippen molar-refractivity contribution in [2.45, 2.75) is 18.7 Å². The zero-order chi connectivity index (χ0) is 19.2.